The lowest BCUT2D eigenvalue weighted by atomic mass is 9.96. The van der Waals surface area contributed by atoms with E-state index in [4.69, 9.17) is 4.52 Å². The van der Waals surface area contributed by atoms with Crippen LogP contribution in [-0.2, 0) is 10.2 Å². The molecule has 2 heterocycles. The summed E-state index contributed by atoms with van der Waals surface area (Å²) in [5.74, 6) is 1.04. The number of tetrazole rings is 1. The Kier molecular flexibility index (Phi) is 5.26. The van der Waals surface area contributed by atoms with Gasteiger partial charge in [0, 0.05) is 18.0 Å². The van der Waals surface area contributed by atoms with E-state index in [1.807, 2.05) is 39.8 Å². The Balaban J connectivity index is 1.81. The van der Waals surface area contributed by atoms with Crippen molar-refractivity contribution in [2.75, 3.05) is 5.32 Å². The average molecular weight is 387 g/mol. The normalized spacial score (nSPS) is 12.8. The van der Waals surface area contributed by atoms with Crippen molar-refractivity contribution in [1.82, 2.24) is 30.3 Å². The van der Waals surface area contributed by atoms with E-state index in [0.717, 1.165) is 5.69 Å². The molecule has 1 atom stereocenters. The molecule has 0 spiro atoms. The highest BCUT2D eigenvalue weighted by molar-refractivity contribution is 7.99. The van der Waals surface area contributed by atoms with Gasteiger partial charge in [0.15, 0.2) is 5.82 Å². The van der Waals surface area contributed by atoms with Crippen molar-refractivity contribution < 1.29 is 9.32 Å². The number of hydrogen-bond donors (Lipinski definition) is 1. The average Bonchev–Trinajstić information content (AvgIpc) is 3.23. The number of carbonyl (C=O) groups excluding carboxylic acids is 1. The van der Waals surface area contributed by atoms with Crippen LogP contribution in [0.25, 0.3) is 5.69 Å². The summed E-state index contributed by atoms with van der Waals surface area (Å²) < 4.78 is 7.01. The zero-order valence-corrected chi connectivity index (χ0v) is 16.6. The Morgan fingerprint density at radius 3 is 2.78 bits per heavy atom. The number of nitrogens with zero attached hydrogens (tertiary/aromatic N) is 6. The second kappa shape index (κ2) is 7.47. The second-order valence-corrected chi connectivity index (χ2v) is 8.38. The highest BCUT2D eigenvalue weighted by Gasteiger charge is 2.25. The highest BCUT2D eigenvalue weighted by Crippen LogP contribution is 2.34. The third-order valence-electron chi connectivity index (χ3n) is 3.59. The molecule has 0 saturated heterocycles. The minimum atomic E-state index is -0.183. The molecule has 3 aromatic rings. The summed E-state index contributed by atoms with van der Waals surface area (Å²) in [6.07, 6.45) is 0. The number of thioether (sulfide) groups is 1. The molecule has 0 fully saturated rings. The van der Waals surface area contributed by atoms with Gasteiger partial charge in [-0.15, -0.1) is 5.10 Å². The number of rotatable bonds is 5. The molecule has 0 aliphatic heterocycles. The fourth-order valence-electron chi connectivity index (χ4n) is 2.25. The number of anilines is 1. The summed E-state index contributed by atoms with van der Waals surface area (Å²) in [7, 11) is 0. The molecule has 1 amide bonds. The lowest BCUT2D eigenvalue weighted by molar-refractivity contribution is -0.114. The molecule has 10 heteroatoms. The van der Waals surface area contributed by atoms with Gasteiger partial charge in [-0.25, -0.2) is 0 Å². The number of amides is 1. The Labute approximate surface area is 160 Å². The third kappa shape index (κ3) is 4.51. The second-order valence-electron chi connectivity index (χ2n) is 7.07. The van der Waals surface area contributed by atoms with Crippen LogP contribution in [0.2, 0.25) is 0 Å². The van der Waals surface area contributed by atoms with Crippen molar-refractivity contribution in [3.63, 3.8) is 0 Å². The number of hydrogen-bond acceptors (Lipinski definition) is 8. The minimum absolute atomic E-state index is 0.128. The van der Waals surface area contributed by atoms with Crippen molar-refractivity contribution in [2.24, 2.45) is 0 Å². The van der Waals surface area contributed by atoms with Crippen molar-refractivity contribution in [3.05, 3.63) is 36.0 Å². The van der Waals surface area contributed by atoms with Crippen molar-refractivity contribution in [2.45, 2.75) is 50.4 Å². The molecule has 9 nitrogen and oxygen atoms in total. The van der Waals surface area contributed by atoms with Crippen LogP contribution >= 0.6 is 11.8 Å². The first-order valence-electron chi connectivity index (χ1n) is 8.41. The van der Waals surface area contributed by atoms with Crippen LogP contribution in [0.4, 0.5) is 5.69 Å². The van der Waals surface area contributed by atoms with Crippen LogP contribution < -0.4 is 5.32 Å². The van der Waals surface area contributed by atoms with Crippen molar-refractivity contribution >= 4 is 23.4 Å². The van der Waals surface area contributed by atoms with Crippen molar-refractivity contribution in [1.29, 1.82) is 0 Å². The molecule has 0 saturated carbocycles. The molecular weight excluding hydrogens is 366 g/mol. The monoisotopic (exact) mass is 387 g/mol. The van der Waals surface area contributed by atoms with Crippen LogP contribution in [0.15, 0.2) is 33.9 Å². The lowest BCUT2D eigenvalue weighted by Crippen LogP contribution is -2.13. The highest BCUT2D eigenvalue weighted by atomic mass is 32.2. The molecule has 1 N–H and O–H groups in total. The summed E-state index contributed by atoms with van der Waals surface area (Å²) in [4.78, 5) is 15.8. The smallest absolute Gasteiger partial charge is 0.239 e. The molecule has 0 aliphatic carbocycles. The number of nitrogens with one attached hydrogen (secondary N) is 1. The van der Waals surface area contributed by atoms with Crippen LogP contribution in [0.5, 0.6) is 0 Å². The van der Waals surface area contributed by atoms with Gasteiger partial charge in [-0.1, -0.05) is 43.8 Å². The molecule has 1 aromatic carbocycles. The van der Waals surface area contributed by atoms with E-state index < -0.39 is 0 Å². The summed E-state index contributed by atoms with van der Waals surface area (Å²) in [5, 5.41) is 19.2. The van der Waals surface area contributed by atoms with Gasteiger partial charge in [-0.05, 0) is 35.5 Å². The quantitative estimate of drug-likeness (QED) is 0.665. The minimum Gasteiger partial charge on any atom is -0.338 e. The SMILES string of the molecule is CC(=O)Nc1cccc(-n2nnnc2S[C@H](C)c2nc(C(C)(C)C)no2)c1. The van der Waals surface area contributed by atoms with Crippen LogP contribution in [0.3, 0.4) is 0 Å². The molecule has 0 bridgehead atoms. The molecule has 2 aromatic heterocycles. The Morgan fingerprint density at radius 2 is 2.11 bits per heavy atom. The van der Waals surface area contributed by atoms with Gasteiger partial charge in [-0.3, -0.25) is 4.79 Å². The van der Waals surface area contributed by atoms with Gasteiger partial charge in [0.25, 0.3) is 0 Å². The molecule has 3 rings (SSSR count). The van der Waals surface area contributed by atoms with Gasteiger partial charge in [0.05, 0.1) is 10.9 Å². The van der Waals surface area contributed by atoms with Gasteiger partial charge >= 0.3 is 0 Å². The number of carbonyl (C=O) groups is 1. The van der Waals surface area contributed by atoms with Crippen molar-refractivity contribution in [3.8, 4) is 5.69 Å². The fourth-order valence-corrected chi connectivity index (χ4v) is 3.08. The molecule has 142 valence electrons. The molecule has 0 radical (unpaired) electrons. The maximum Gasteiger partial charge on any atom is 0.239 e. The summed E-state index contributed by atoms with van der Waals surface area (Å²) in [6.45, 7) is 9.51. The summed E-state index contributed by atoms with van der Waals surface area (Å²) in [5.41, 5.74) is 1.23. The lowest BCUT2D eigenvalue weighted by Gasteiger charge is -2.11. The van der Waals surface area contributed by atoms with E-state index in [2.05, 4.69) is 31.0 Å². The Morgan fingerprint density at radius 1 is 1.33 bits per heavy atom. The van der Waals surface area contributed by atoms with Crippen LogP contribution in [-0.4, -0.2) is 36.3 Å². The Bertz CT molecular complexity index is 945. The predicted octanol–water partition coefficient (Wildman–Crippen LogP) is 3.15. The molecule has 27 heavy (non-hydrogen) atoms. The van der Waals surface area contributed by atoms with Crippen LogP contribution in [0.1, 0.15) is 51.6 Å². The third-order valence-corrected chi connectivity index (χ3v) is 4.62. The largest absolute Gasteiger partial charge is 0.338 e. The van der Waals surface area contributed by atoms with Gasteiger partial charge in [0.2, 0.25) is 17.0 Å². The predicted molar refractivity (Wildman–Crippen MR) is 101 cm³/mol. The van der Waals surface area contributed by atoms with E-state index in [-0.39, 0.29) is 16.6 Å². The van der Waals surface area contributed by atoms with Gasteiger partial charge < -0.3 is 9.84 Å². The number of aromatic nitrogens is 6. The van der Waals surface area contributed by atoms with E-state index in [9.17, 15) is 4.79 Å². The first kappa shape index (κ1) is 19.0. The van der Waals surface area contributed by atoms with Crippen LogP contribution in [0, 0.1) is 0 Å². The topological polar surface area (TPSA) is 112 Å². The van der Waals surface area contributed by atoms with E-state index in [1.165, 1.54) is 18.7 Å². The standard InChI is InChI=1S/C17H21N7O2S/c1-10(14-19-15(21-26-14)17(3,4)5)27-16-20-22-23-24(16)13-8-6-7-12(9-13)18-11(2)25/h6-10H,1-5H3,(H,18,25)/t10-/m1/s1. The van der Waals surface area contributed by atoms with E-state index >= 15 is 0 Å². The number of benzene rings is 1. The molecule has 0 unspecified atom stereocenters. The first-order valence-corrected chi connectivity index (χ1v) is 9.29. The van der Waals surface area contributed by atoms with Gasteiger partial charge in [-0.2, -0.15) is 9.67 Å². The first-order chi connectivity index (χ1) is 12.7. The zero-order chi connectivity index (χ0) is 19.6. The van der Waals surface area contributed by atoms with Gasteiger partial charge in [0.1, 0.15) is 0 Å². The maximum absolute atomic E-state index is 11.3. The molecule has 0 aliphatic rings. The zero-order valence-electron chi connectivity index (χ0n) is 15.8. The maximum atomic E-state index is 11.3. The fraction of sp³-hybridized carbons (Fsp3) is 0.412. The Hall–Kier alpha value is -2.75. The molecular formula is C17H21N7O2S. The van der Waals surface area contributed by atoms with E-state index in [0.29, 0.717) is 22.6 Å². The van der Waals surface area contributed by atoms with E-state index in [1.54, 1.807) is 16.8 Å². The summed E-state index contributed by atoms with van der Waals surface area (Å²) in [6, 6.07) is 7.29. The summed E-state index contributed by atoms with van der Waals surface area (Å²) >= 11 is 1.41.